The molecule has 2 heterocycles. The van der Waals surface area contributed by atoms with E-state index in [4.69, 9.17) is 4.98 Å². The Bertz CT molecular complexity index is 844. The molecule has 4 heteroatoms. The van der Waals surface area contributed by atoms with Crippen LogP contribution in [0.15, 0.2) is 42.7 Å². The molecule has 0 saturated heterocycles. The van der Waals surface area contributed by atoms with Gasteiger partial charge in [-0.15, -0.1) is 0 Å². The highest BCUT2D eigenvalue weighted by Gasteiger charge is 2.18. The van der Waals surface area contributed by atoms with Gasteiger partial charge in [-0.25, -0.2) is 9.50 Å². The van der Waals surface area contributed by atoms with Crippen LogP contribution in [0.3, 0.4) is 0 Å². The number of nitrogens with zero attached hydrogens (tertiary/aromatic N) is 3. The van der Waals surface area contributed by atoms with E-state index in [9.17, 15) is 0 Å². The van der Waals surface area contributed by atoms with Crippen molar-refractivity contribution in [3.05, 3.63) is 48.3 Å². The number of anilines is 1. The maximum atomic E-state index is 4.84. The summed E-state index contributed by atoms with van der Waals surface area (Å²) in [5.74, 6) is 1.82. The Morgan fingerprint density at radius 3 is 2.75 bits per heavy atom. The van der Waals surface area contributed by atoms with Crippen LogP contribution in [0.2, 0.25) is 0 Å². The van der Waals surface area contributed by atoms with E-state index in [-0.39, 0.29) is 0 Å². The summed E-state index contributed by atoms with van der Waals surface area (Å²) < 4.78 is 1.85. The molecule has 0 atom stereocenters. The molecule has 0 aliphatic heterocycles. The van der Waals surface area contributed by atoms with Crippen LogP contribution < -0.4 is 5.32 Å². The van der Waals surface area contributed by atoms with Gasteiger partial charge in [0, 0.05) is 17.8 Å². The molecular formula is C20H24N4. The van der Waals surface area contributed by atoms with Crippen molar-refractivity contribution >= 4 is 11.5 Å². The average Bonchev–Trinajstić information content (AvgIpc) is 3.00. The summed E-state index contributed by atoms with van der Waals surface area (Å²) in [7, 11) is 0. The molecule has 124 valence electrons. The van der Waals surface area contributed by atoms with Crippen LogP contribution >= 0.6 is 0 Å². The van der Waals surface area contributed by atoms with Crippen LogP contribution in [-0.2, 0) is 0 Å². The minimum Gasteiger partial charge on any atom is -0.367 e. The monoisotopic (exact) mass is 320 g/mol. The second kappa shape index (κ2) is 6.27. The van der Waals surface area contributed by atoms with Gasteiger partial charge in [-0.3, -0.25) is 0 Å². The zero-order chi connectivity index (χ0) is 16.5. The molecular weight excluding hydrogens is 296 g/mol. The van der Waals surface area contributed by atoms with Crippen molar-refractivity contribution in [2.24, 2.45) is 5.92 Å². The number of aryl methyl sites for hydroxylation is 1. The fraction of sp³-hybridized carbons (Fsp3) is 0.400. The van der Waals surface area contributed by atoms with Gasteiger partial charge in [0.05, 0.1) is 6.20 Å². The molecule has 2 aromatic heterocycles. The molecule has 0 radical (unpaired) electrons. The molecule has 0 spiro atoms. The zero-order valence-electron chi connectivity index (χ0n) is 14.4. The van der Waals surface area contributed by atoms with Crippen molar-refractivity contribution in [3.63, 3.8) is 0 Å². The van der Waals surface area contributed by atoms with Crippen molar-refractivity contribution in [1.82, 2.24) is 14.6 Å². The van der Waals surface area contributed by atoms with E-state index in [0.717, 1.165) is 22.9 Å². The normalized spacial score (nSPS) is 21.1. The fourth-order valence-corrected chi connectivity index (χ4v) is 3.58. The van der Waals surface area contributed by atoms with Crippen LogP contribution in [0.25, 0.3) is 16.8 Å². The number of hydrogen-bond acceptors (Lipinski definition) is 3. The zero-order valence-corrected chi connectivity index (χ0v) is 14.4. The van der Waals surface area contributed by atoms with Gasteiger partial charge in [0.2, 0.25) is 0 Å². The molecule has 4 nitrogen and oxygen atoms in total. The van der Waals surface area contributed by atoms with Gasteiger partial charge in [0.15, 0.2) is 5.65 Å². The smallest absolute Gasteiger partial charge is 0.165 e. The predicted octanol–water partition coefficient (Wildman–Crippen LogP) is 4.70. The summed E-state index contributed by atoms with van der Waals surface area (Å²) in [6, 6.07) is 11.1. The molecule has 1 aromatic carbocycles. The lowest BCUT2D eigenvalue weighted by atomic mass is 9.87. The molecule has 0 amide bonds. The minimum absolute atomic E-state index is 0.543. The number of nitrogens with one attached hydrogen (secondary N) is 1. The highest BCUT2D eigenvalue weighted by molar-refractivity contribution is 5.78. The van der Waals surface area contributed by atoms with Gasteiger partial charge in [-0.05, 0) is 50.2 Å². The number of fused-ring (bicyclic) bond motifs is 1. The SMILES string of the molecule is Cc1cccc(-c2cnn3ccc(NC4CCC(C)CC4)nc23)c1. The van der Waals surface area contributed by atoms with E-state index in [0.29, 0.717) is 6.04 Å². The standard InChI is InChI=1S/C20H24N4/c1-14-6-8-17(9-7-14)22-19-10-11-24-20(23-19)18(13-21-24)16-5-3-4-15(2)12-16/h3-5,10-14,17H,6-9H2,1-2H3,(H,22,23). The highest BCUT2D eigenvalue weighted by Crippen LogP contribution is 2.27. The summed E-state index contributed by atoms with van der Waals surface area (Å²) in [6.45, 7) is 4.46. The van der Waals surface area contributed by atoms with Gasteiger partial charge in [-0.1, -0.05) is 36.8 Å². The Balaban J connectivity index is 1.63. The maximum absolute atomic E-state index is 4.84. The minimum atomic E-state index is 0.543. The first-order chi connectivity index (χ1) is 11.7. The van der Waals surface area contributed by atoms with E-state index in [1.807, 2.05) is 23.0 Å². The first-order valence-electron chi connectivity index (χ1n) is 8.87. The number of rotatable bonds is 3. The number of benzene rings is 1. The van der Waals surface area contributed by atoms with E-state index in [1.165, 1.54) is 36.8 Å². The van der Waals surface area contributed by atoms with Crippen molar-refractivity contribution in [2.75, 3.05) is 5.32 Å². The highest BCUT2D eigenvalue weighted by atomic mass is 15.2. The lowest BCUT2D eigenvalue weighted by Gasteiger charge is -2.27. The summed E-state index contributed by atoms with van der Waals surface area (Å²) in [4.78, 5) is 4.84. The lowest BCUT2D eigenvalue weighted by molar-refractivity contribution is 0.361. The van der Waals surface area contributed by atoms with Crippen molar-refractivity contribution in [2.45, 2.75) is 45.6 Å². The third-order valence-electron chi connectivity index (χ3n) is 5.07. The summed E-state index contributed by atoms with van der Waals surface area (Å²) in [5.41, 5.74) is 4.41. The molecule has 1 aliphatic rings. The predicted molar refractivity (Wildman–Crippen MR) is 98.2 cm³/mol. The van der Waals surface area contributed by atoms with Crippen molar-refractivity contribution in [3.8, 4) is 11.1 Å². The Morgan fingerprint density at radius 2 is 1.96 bits per heavy atom. The molecule has 1 fully saturated rings. The largest absolute Gasteiger partial charge is 0.367 e. The van der Waals surface area contributed by atoms with Crippen LogP contribution in [0.1, 0.15) is 38.2 Å². The van der Waals surface area contributed by atoms with E-state index in [1.54, 1.807) is 0 Å². The first-order valence-corrected chi connectivity index (χ1v) is 8.87. The quantitative estimate of drug-likeness (QED) is 0.761. The molecule has 1 saturated carbocycles. The van der Waals surface area contributed by atoms with Gasteiger partial charge in [-0.2, -0.15) is 5.10 Å². The Morgan fingerprint density at radius 1 is 1.12 bits per heavy atom. The first kappa shape index (κ1) is 15.2. The third kappa shape index (κ3) is 3.01. The van der Waals surface area contributed by atoms with Gasteiger partial charge >= 0.3 is 0 Å². The second-order valence-corrected chi connectivity index (χ2v) is 7.11. The Hall–Kier alpha value is -2.36. The summed E-state index contributed by atoms with van der Waals surface area (Å²) >= 11 is 0. The number of hydrogen-bond donors (Lipinski definition) is 1. The van der Waals surface area contributed by atoms with E-state index >= 15 is 0 Å². The maximum Gasteiger partial charge on any atom is 0.165 e. The van der Waals surface area contributed by atoms with Crippen LogP contribution in [0, 0.1) is 12.8 Å². The van der Waals surface area contributed by atoms with Gasteiger partial charge in [0.1, 0.15) is 5.82 Å². The van der Waals surface area contributed by atoms with E-state index < -0.39 is 0 Å². The number of aromatic nitrogens is 3. The Labute approximate surface area is 142 Å². The van der Waals surface area contributed by atoms with Crippen molar-refractivity contribution < 1.29 is 0 Å². The summed E-state index contributed by atoms with van der Waals surface area (Å²) in [5, 5.41) is 8.07. The average molecular weight is 320 g/mol. The van der Waals surface area contributed by atoms with Crippen molar-refractivity contribution in [1.29, 1.82) is 0 Å². The lowest BCUT2D eigenvalue weighted by Crippen LogP contribution is -2.25. The second-order valence-electron chi connectivity index (χ2n) is 7.11. The molecule has 1 aliphatic carbocycles. The molecule has 4 rings (SSSR count). The van der Waals surface area contributed by atoms with Crippen LogP contribution in [0.5, 0.6) is 0 Å². The third-order valence-corrected chi connectivity index (χ3v) is 5.07. The van der Waals surface area contributed by atoms with Crippen LogP contribution in [0.4, 0.5) is 5.82 Å². The molecule has 0 bridgehead atoms. The Kier molecular flexibility index (Phi) is 3.97. The fourth-order valence-electron chi connectivity index (χ4n) is 3.58. The van der Waals surface area contributed by atoms with Gasteiger partial charge in [0.25, 0.3) is 0 Å². The molecule has 3 aromatic rings. The molecule has 0 unspecified atom stereocenters. The summed E-state index contributed by atoms with van der Waals surface area (Å²) in [6.07, 6.45) is 8.98. The topological polar surface area (TPSA) is 42.2 Å². The van der Waals surface area contributed by atoms with Gasteiger partial charge < -0.3 is 5.32 Å². The molecule has 24 heavy (non-hydrogen) atoms. The van der Waals surface area contributed by atoms with E-state index in [2.05, 4.69) is 48.5 Å². The van der Waals surface area contributed by atoms with Crippen LogP contribution in [-0.4, -0.2) is 20.6 Å². The molecule has 1 N–H and O–H groups in total.